The van der Waals surface area contributed by atoms with Crippen molar-refractivity contribution in [2.75, 3.05) is 13.1 Å². The quantitative estimate of drug-likeness (QED) is 0.636. The summed E-state index contributed by atoms with van der Waals surface area (Å²) < 4.78 is 13.6. The number of hydrogen-bond donors (Lipinski definition) is 0. The third-order valence-corrected chi connectivity index (χ3v) is 3.82. The summed E-state index contributed by atoms with van der Waals surface area (Å²) in [4.78, 5) is 2.36. The molecular weight excluding hydrogens is 189 g/mol. The lowest BCUT2D eigenvalue weighted by Gasteiger charge is -2.18. The van der Waals surface area contributed by atoms with Crippen molar-refractivity contribution in [3.05, 3.63) is 35.3 Å². The molecule has 1 heterocycles. The third kappa shape index (κ3) is 1.52. The fraction of sp³-hybridized carbons (Fsp3) is 0.538. The molecule has 1 saturated heterocycles. The Bertz CT molecular complexity index is 372. The summed E-state index contributed by atoms with van der Waals surface area (Å²) in [6.45, 7) is 4.05. The Kier molecular flexibility index (Phi) is 1.98. The molecule has 0 aromatic heterocycles. The maximum absolute atomic E-state index is 13.6. The molecule has 0 radical (unpaired) electrons. The van der Waals surface area contributed by atoms with Gasteiger partial charge in [-0.1, -0.05) is 17.7 Å². The van der Waals surface area contributed by atoms with Crippen molar-refractivity contribution in [2.24, 2.45) is 11.8 Å². The van der Waals surface area contributed by atoms with E-state index in [0.29, 0.717) is 5.92 Å². The number of rotatable bonds is 1. The Labute approximate surface area is 90.0 Å². The minimum absolute atomic E-state index is 0.0681. The first-order chi connectivity index (χ1) is 7.25. The van der Waals surface area contributed by atoms with Crippen LogP contribution in [0.1, 0.15) is 19.8 Å². The zero-order valence-electron chi connectivity index (χ0n) is 9.04. The summed E-state index contributed by atoms with van der Waals surface area (Å²) in [5.41, 5.74) is 2.98. The van der Waals surface area contributed by atoms with Crippen molar-refractivity contribution in [3.63, 3.8) is 0 Å². The molecule has 1 aliphatic heterocycles. The molecule has 0 bridgehead atoms. The van der Waals surface area contributed by atoms with Crippen molar-refractivity contribution in [2.45, 2.75) is 19.8 Å². The zero-order chi connectivity index (χ0) is 10.4. The molecule has 2 heteroatoms. The first kappa shape index (κ1) is 9.20. The average Bonchev–Trinajstić information content (AvgIpc) is 2.97. The highest BCUT2D eigenvalue weighted by Gasteiger charge is 2.36. The van der Waals surface area contributed by atoms with Crippen molar-refractivity contribution in [1.82, 2.24) is 4.90 Å². The molecule has 3 aliphatic rings. The lowest BCUT2D eigenvalue weighted by atomic mass is 9.91. The van der Waals surface area contributed by atoms with E-state index >= 15 is 0 Å². The molecule has 0 spiro atoms. The van der Waals surface area contributed by atoms with E-state index in [-0.39, 0.29) is 11.7 Å². The molecule has 0 aromatic carbocycles. The molecule has 2 unspecified atom stereocenters. The molecule has 0 N–H and O–H groups in total. The van der Waals surface area contributed by atoms with Gasteiger partial charge in [0.2, 0.25) is 0 Å². The second-order valence-corrected chi connectivity index (χ2v) is 4.80. The minimum Gasteiger partial charge on any atom is -0.374 e. The van der Waals surface area contributed by atoms with Crippen molar-refractivity contribution >= 4 is 0 Å². The monoisotopic (exact) mass is 205 g/mol. The highest BCUT2D eigenvalue weighted by atomic mass is 19.1. The fourth-order valence-electron chi connectivity index (χ4n) is 2.65. The molecular formula is C13H16FN. The summed E-state index contributed by atoms with van der Waals surface area (Å²) in [6.07, 6.45) is 8.14. The molecule has 1 saturated carbocycles. The van der Waals surface area contributed by atoms with Gasteiger partial charge in [0.15, 0.2) is 0 Å². The maximum Gasteiger partial charge on any atom is 0.105 e. The van der Waals surface area contributed by atoms with Crippen LogP contribution >= 0.6 is 0 Å². The molecule has 2 aliphatic carbocycles. The van der Waals surface area contributed by atoms with Crippen molar-refractivity contribution in [3.8, 4) is 0 Å². The average molecular weight is 205 g/mol. The van der Waals surface area contributed by atoms with Gasteiger partial charge in [0.05, 0.1) is 0 Å². The van der Waals surface area contributed by atoms with E-state index in [1.165, 1.54) is 18.5 Å². The van der Waals surface area contributed by atoms with Crippen LogP contribution in [0.25, 0.3) is 0 Å². The first-order valence-corrected chi connectivity index (χ1v) is 5.73. The number of likely N-dealkylation sites (tertiary alicyclic amines) is 1. The lowest BCUT2D eigenvalue weighted by Crippen LogP contribution is -2.18. The number of halogens is 1. The van der Waals surface area contributed by atoms with Gasteiger partial charge in [0.1, 0.15) is 5.83 Å². The van der Waals surface area contributed by atoms with E-state index < -0.39 is 0 Å². The van der Waals surface area contributed by atoms with Crippen LogP contribution in [0.2, 0.25) is 0 Å². The second kappa shape index (κ2) is 3.22. The van der Waals surface area contributed by atoms with Crippen LogP contribution < -0.4 is 0 Å². The summed E-state index contributed by atoms with van der Waals surface area (Å²) in [5, 5.41) is 0. The predicted octanol–water partition coefficient (Wildman–Crippen LogP) is 3.03. The van der Waals surface area contributed by atoms with Gasteiger partial charge in [0.25, 0.3) is 0 Å². The van der Waals surface area contributed by atoms with Crippen LogP contribution in [-0.2, 0) is 0 Å². The lowest BCUT2D eigenvalue weighted by molar-refractivity contribution is 0.395. The third-order valence-electron chi connectivity index (χ3n) is 3.82. The van der Waals surface area contributed by atoms with E-state index in [2.05, 4.69) is 17.9 Å². The van der Waals surface area contributed by atoms with E-state index in [9.17, 15) is 4.39 Å². The van der Waals surface area contributed by atoms with Gasteiger partial charge in [-0.2, -0.15) is 0 Å². The number of fused-ring (bicyclic) bond motifs is 1. The van der Waals surface area contributed by atoms with E-state index in [1.807, 2.05) is 6.08 Å². The van der Waals surface area contributed by atoms with Gasteiger partial charge >= 0.3 is 0 Å². The first-order valence-electron chi connectivity index (χ1n) is 5.73. The molecule has 80 valence electrons. The van der Waals surface area contributed by atoms with Crippen LogP contribution in [0.4, 0.5) is 4.39 Å². The summed E-state index contributed by atoms with van der Waals surface area (Å²) >= 11 is 0. The van der Waals surface area contributed by atoms with Gasteiger partial charge in [-0.15, -0.1) is 0 Å². The van der Waals surface area contributed by atoms with Gasteiger partial charge in [-0.05, 0) is 25.8 Å². The van der Waals surface area contributed by atoms with Crippen molar-refractivity contribution in [1.29, 1.82) is 0 Å². The van der Waals surface area contributed by atoms with Crippen LogP contribution in [0.15, 0.2) is 35.3 Å². The molecule has 3 rings (SSSR count). The van der Waals surface area contributed by atoms with Crippen molar-refractivity contribution < 1.29 is 4.39 Å². The smallest absolute Gasteiger partial charge is 0.105 e. The molecule has 2 atom stereocenters. The van der Waals surface area contributed by atoms with Gasteiger partial charge in [0, 0.05) is 30.6 Å². The van der Waals surface area contributed by atoms with Crippen LogP contribution in [0.5, 0.6) is 0 Å². The Morgan fingerprint density at radius 2 is 2.20 bits per heavy atom. The molecule has 0 aromatic rings. The molecule has 15 heavy (non-hydrogen) atoms. The summed E-state index contributed by atoms with van der Waals surface area (Å²) in [5.74, 6) is 0.576. The maximum atomic E-state index is 13.6. The molecule has 2 fully saturated rings. The van der Waals surface area contributed by atoms with Gasteiger partial charge in [-0.3, -0.25) is 0 Å². The highest BCUT2D eigenvalue weighted by molar-refractivity contribution is 5.27. The zero-order valence-corrected chi connectivity index (χ0v) is 9.04. The van der Waals surface area contributed by atoms with Crippen LogP contribution in [-0.4, -0.2) is 18.0 Å². The van der Waals surface area contributed by atoms with Gasteiger partial charge < -0.3 is 4.90 Å². The number of nitrogens with zero attached hydrogens (tertiary/aromatic N) is 1. The van der Waals surface area contributed by atoms with E-state index in [1.54, 1.807) is 11.6 Å². The largest absolute Gasteiger partial charge is 0.374 e. The Balaban J connectivity index is 1.80. The van der Waals surface area contributed by atoms with Gasteiger partial charge in [-0.25, -0.2) is 4.39 Å². The standard InChI is InChI=1S/C13H16FN/c1-9(10-5-6-10)15-7-11-3-2-4-13(14)12(11)8-15/h2-4,11-12H,5-8H2,1H3. The van der Waals surface area contributed by atoms with Crippen LogP contribution in [0.3, 0.4) is 0 Å². The summed E-state index contributed by atoms with van der Waals surface area (Å²) in [6, 6.07) is 0. The minimum atomic E-state index is 0.0681. The normalized spacial score (nSPS) is 32.8. The Hall–Kier alpha value is -1.05. The molecule has 0 amide bonds. The van der Waals surface area contributed by atoms with E-state index in [0.717, 1.165) is 13.1 Å². The second-order valence-electron chi connectivity index (χ2n) is 4.80. The van der Waals surface area contributed by atoms with Crippen LogP contribution in [0, 0.1) is 11.8 Å². The Morgan fingerprint density at radius 3 is 2.87 bits per heavy atom. The number of hydrogen-bond acceptors (Lipinski definition) is 1. The summed E-state index contributed by atoms with van der Waals surface area (Å²) in [7, 11) is 0. The molecule has 1 nitrogen and oxygen atoms in total. The predicted molar refractivity (Wildman–Crippen MR) is 58.8 cm³/mol. The van der Waals surface area contributed by atoms with E-state index in [4.69, 9.17) is 0 Å². The highest BCUT2D eigenvalue weighted by Crippen LogP contribution is 2.39. The number of allylic oxidation sites excluding steroid dienone is 4. The Morgan fingerprint density at radius 1 is 1.40 bits per heavy atom. The topological polar surface area (TPSA) is 3.24 Å². The SMILES string of the molecule is CC(=C1CC1)N1CC2C=CC=C(F)C2C1. The fourth-order valence-corrected chi connectivity index (χ4v) is 2.65.